The molecule has 0 aromatic carbocycles. The van der Waals surface area contributed by atoms with Crippen LogP contribution in [0.5, 0.6) is 0 Å². The second kappa shape index (κ2) is 6.76. The third-order valence-corrected chi connectivity index (χ3v) is 4.42. The number of hydrogen-bond acceptors (Lipinski definition) is 6. The van der Waals surface area contributed by atoms with Crippen molar-refractivity contribution >= 4 is 33.1 Å². The number of phosphoric acid groups is 1. The minimum absolute atomic E-state index is 0.152. The molecule has 2 unspecified atom stereocenters. The fourth-order valence-electron chi connectivity index (χ4n) is 0.586. The summed E-state index contributed by atoms with van der Waals surface area (Å²) in [7, 11) is -8.65. The largest absolute Gasteiger partial charge is 0.481 e. The first kappa shape index (κ1) is 16.1. The third kappa shape index (κ3) is 10.6. The number of rotatable bonds is 8. The van der Waals surface area contributed by atoms with Crippen molar-refractivity contribution in [3.8, 4) is 0 Å². The van der Waals surface area contributed by atoms with E-state index in [4.69, 9.17) is 14.9 Å². The van der Waals surface area contributed by atoms with Gasteiger partial charge in [0.05, 0.1) is 12.4 Å². The number of carbonyl (C=O) groups is 1. The summed E-state index contributed by atoms with van der Waals surface area (Å²) in [5.41, 5.74) is 0. The summed E-state index contributed by atoms with van der Waals surface area (Å²) in [6.07, 6.45) is 0. The van der Waals surface area contributed by atoms with Gasteiger partial charge in [0, 0.05) is 12.4 Å². The summed E-state index contributed by atoms with van der Waals surface area (Å²) in [5.74, 6) is -1.02. The molecule has 0 aliphatic rings. The molecule has 0 fully saturated rings. The Hall–Kier alpha value is 0.120. The van der Waals surface area contributed by atoms with Crippen molar-refractivity contribution in [1.82, 2.24) is 0 Å². The summed E-state index contributed by atoms with van der Waals surface area (Å²) in [6.45, 7) is 0.490. The Morgan fingerprint density at radius 1 is 1.38 bits per heavy atom. The lowest BCUT2D eigenvalue weighted by atomic mass is 10.8. The molecule has 0 aromatic heterocycles. The summed E-state index contributed by atoms with van der Waals surface area (Å²) in [6, 6.07) is 0. The predicted octanol–water partition coefficient (Wildman–Crippen LogP) is 0.753. The highest BCUT2D eigenvalue weighted by Gasteiger charge is 2.29. The standard InChI is InChI=1S/C5H12O8P2S/c1-14(8,9)13-15(10,11)12-2-3-16-4-5(6)7/h2-4H2,1H3,(H,6,7)(H,8,9)(H,10,11). The first-order valence-corrected chi connectivity index (χ1v) is 8.58. The molecule has 0 rings (SSSR count). The minimum Gasteiger partial charge on any atom is -0.481 e. The molecule has 0 amide bonds. The van der Waals surface area contributed by atoms with E-state index < -0.39 is 21.4 Å². The van der Waals surface area contributed by atoms with E-state index in [1.165, 1.54) is 0 Å². The predicted molar refractivity (Wildman–Crippen MR) is 57.6 cm³/mol. The van der Waals surface area contributed by atoms with Crippen LogP contribution >= 0.6 is 27.2 Å². The first-order valence-electron chi connectivity index (χ1n) is 3.91. The number of carboxylic acid groups (broad SMARTS) is 1. The van der Waals surface area contributed by atoms with Crippen LogP contribution < -0.4 is 0 Å². The van der Waals surface area contributed by atoms with E-state index in [1.54, 1.807) is 0 Å². The van der Waals surface area contributed by atoms with Crippen LogP contribution in [0.3, 0.4) is 0 Å². The van der Waals surface area contributed by atoms with Crippen LogP contribution in [0.4, 0.5) is 0 Å². The quantitative estimate of drug-likeness (QED) is 0.438. The highest BCUT2D eigenvalue weighted by atomic mass is 32.2. The Labute approximate surface area is 96.1 Å². The SMILES string of the molecule is CP(=O)(O)OP(=O)(O)OCCSCC(=O)O. The van der Waals surface area contributed by atoms with Crippen molar-refractivity contribution in [2.75, 3.05) is 24.8 Å². The highest BCUT2D eigenvalue weighted by Crippen LogP contribution is 2.57. The van der Waals surface area contributed by atoms with E-state index in [0.29, 0.717) is 0 Å². The summed E-state index contributed by atoms with van der Waals surface area (Å²) in [5, 5.41) is 8.27. The maximum absolute atomic E-state index is 11.0. The maximum atomic E-state index is 11.0. The van der Waals surface area contributed by atoms with E-state index in [-0.39, 0.29) is 18.1 Å². The van der Waals surface area contributed by atoms with E-state index in [0.717, 1.165) is 18.4 Å². The van der Waals surface area contributed by atoms with Crippen LogP contribution in [-0.4, -0.2) is 45.6 Å². The molecule has 0 spiro atoms. The lowest BCUT2D eigenvalue weighted by Gasteiger charge is -2.12. The van der Waals surface area contributed by atoms with Crippen molar-refractivity contribution in [2.45, 2.75) is 0 Å². The molecule has 96 valence electrons. The lowest BCUT2D eigenvalue weighted by Crippen LogP contribution is -2.02. The van der Waals surface area contributed by atoms with E-state index in [1.807, 2.05) is 0 Å². The average molecular weight is 294 g/mol. The van der Waals surface area contributed by atoms with Crippen molar-refractivity contribution < 1.29 is 37.7 Å². The molecule has 0 aliphatic heterocycles. The highest BCUT2D eigenvalue weighted by molar-refractivity contribution is 7.99. The summed E-state index contributed by atoms with van der Waals surface area (Å²) >= 11 is 0.976. The van der Waals surface area contributed by atoms with Crippen molar-refractivity contribution in [1.29, 1.82) is 0 Å². The maximum Gasteiger partial charge on any atom is 0.479 e. The molecular formula is C5H12O8P2S. The Bertz CT molecular complexity index is 324. The third-order valence-electron chi connectivity index (χ3n) is 0.962. The summed E-state index contributed by atoms with van der Waals surface area (Å²) in [4.78, 5) is 27.7. The smallest absolute Gasteiger partial charge is 0.479 e. The Balaban J connectivity index is 3.79. The number of carboxylic acids is 1. The minimum atomic E-state index is -4.55. The van der Waals surface area contributed by atoms with Gasteiger partial charge < -0.3 is 14.9 Å². The molecule has 8 nitrogen and oxygen atoms in total. The molecule has 11 heteroatoms. The summed E-state index contributed by atoms with van der Waals surface area (Å²) < 4.78 is 29.9. The molecule has 16 heavy (non-hydrogen) atoms. The lowest BCUT2D eigenvalue weighted by molar-refractivity contribution is -0.133. The molecule has 0 saturated heterocycles. The van der Waals surface area contributed by atoms with Gasteiger partial charge in [-0.05, 0) is 0 Å². The van der Waals surface area contributed by atoms with Gasteiger partial charge in [0.25, 0.3) is 0 Å². The molecule has 0 aliphatic carbocycles. The van der Waals surface area contributed by atoms with E-state index in [9.17, 15) is 13.9 Å². The van der Waals surface area contributed by atoms with Gasteiger partial charge in [-0.3, -0.25) is 13.9 Å². The van der Waals surface area contributed by atoms with Gasteiger partial charge in [0.1, 0.15) is 0 Å². The topological polar surface area (TPSA) is 130 Å². The van der Waals surface area contributed by atoms with Gasteiger partial charge >= 0.3 is 21.4 Å². The van der Waals surface area contributed by atoms with Crippen LogP contribution in [0.15, 0.2) is 0 Å². The van der Waals surface area contributed by atoms with Crippen LogP contribution in [0.1, 0.15) is 0 Å². The molecule has 0 radical (unpaired) electrons. The zero-order chi connectivity index (χ0) is 12.8. The van der Waals surface area contributed by atoms with Crippen LogP contribution in [0, 0.1) is 0 Å². The fraction of sp³-hybridized carbons (Fsp3) is 0.800. The zero-order valence-electron chi connectivity index (χ0n) is 8.31. The van der Waals surface area contributed by atoms with Gasteiger partial charge in [-0.25, -0.2) is 8.88 Å². The Morgan fingerprint density at radius 3 is 2.38 bits per heavy atom. The van der Waals surface area contributed by atoms with Crippen molar-refractivity contribution in [3.63, 3.8) is 0 Å². The second-order valence-electron chi connectivity index (χ2n) is 2.63. The van der Waals surface area contributed by atoms with Crippen LogP contribution in [0.25, 0.3) is 0 Å². The Kier molecular flexibility index (Phi) is 6.81. The number of phosphoric ester groups is 1. The van der Waals surface area contributed by atoms with Gasteiger partial charge in [-0.15, -0.1) is 11.8 Å². The first-order chi connectivity index (χ1) is 7.12. The van der Waals surface area contributed by atoms with E-state index >= 15 is 0 Å². The monoisotopic (exact) mass is 294 g/mol. The molecule has 0 heterocycles. The fourth-order valence-corrected chi connectivity index (χ4v) is 3.27. The number of hydrogen-bond donors (Lipinski definition) is 3. The second-order valence-corrected chi connectivity index (χ2v) is 7.19. The van der Waals surface area contributed by atoms with Gasteiger partial charge in [-0.1, -0.05) is 0 Å². The van der Waals surface area contributed by atoms with Crippen LogP contribution in [0.2, 0.25) is 0 Å². The molecule has 3 N–H and O–H groups in total. The molecule has 2 atom stereocenters. The van der Waals surface area contributed by atoms with Crippen molar-refractivity contribution in [3.05, 3.63) is 0 Å². The normalized spacial score (nSPS) is 18.7. The van der Waals surface area contributed by atoms with Gasteiger partial charge in [0.15, 0.2) is 0 Å². The zero-order valence-corrected chi connectivity index (χ0v) is 10.9. The van der Waals surface area contributed by atoms with Crippen LogP contribution in [-0.2, 0) is 22.8 Å². The Morgan fingerprint density at radius 2 is 1.94 bits per heavy atom. The molecule has 0 aromatic rings. The molecular weight excluding hydrogens is 282 g/mol. The average Bonchev–Trinajstić information content (AvgIpc) is 1.97. The number of aliphatic carboxylic acids is 1. The van der Waals surface area contributed by atoms with Crippen molar-refractivity contribution in [2.24, 2.45) is 0 Å². The van der Waals surface area contributed by atoms with Gasteiger partial charge in [-0.2, -0.15) is 0 Å². The molecule has 0 saturated carbocycles. The molecule has 0 bridgehead atoms. The van der Waals surface area contributed by atoms with E-state index in [2.05, 4.69) is 8.83 Å². The van der Waals surface area contributed by atoms with Gasteiger partial charge in [0.2, 0.25) is 0 Å². The number of thioether (sulfide) groups is 1.